The number of aryl methyl sites for hydroxylation is 1. The van der Waals surface area contributed by atoms with Crippen molar-refractivity contribution in [1.29, 1.82) is 0 Å². The van der Waals surface area contributed by atoms with E-state index in [4.69, 9.17) is 35.3 Å². The Hall–Kier alpha value is -4.81. The molecule has 3 heterocycles. The predicted molar refractivity (Wildman–Crippen MR) is 169 cm³/mol. The van der Waals surface area contributed by atoms with Crippen molar-refractivity contribution >= 4 is 51.7 Å². The van der Waals surface area contributed by atoms with Gasteiger partial charge in [0, 0.05) is 28.6 Å². The van der Waals surface area contributed by atoms with Crippen LogP contribution in [-0.2, 0) is 19.0 Å². The molecule has 12 heteroatoms. The number of allylic oxidation sites excluding steroid dienone is 1. The average Bonchev–Trinajstić information content (AvgIpc) is 3.29. The molecule has 236 valence electrons. The minimum absolute atomic E-state index is 0.0657. The summed E-state index contributed by atoms with van der Waals surface area (Å²) in [6, 6.07) is 16.2. The van der Waals surface area contributed by atoms with Gasteiger partial charge in [-0.1, -0.05) is 23.7 Å². The fourth-order valence-electron chi connectivity index (χ4n) is 5.50. The van der Waals surface area contributed by atoms with Gasteiger partial charge in [0.05, 0.1) is 54.9 Å². The van der Waals surface area contributed by atoms with Crippen molar-refractivity contribution in [3.05, 3.63) is 116 Å². The minimum atomic E-state index is -0.884. The molecule has 2 atom stereocenters. The van der Waals surface area contributed by atoms with Gasteiger partial charge in [0.1, 0.15) is 5.58 Å². The Bertz CT molecular complexity index is 1940. The number of nitrogens with one attached hydrogen (secondary N) is 1. The maximum atomic E-state index is 13.5. The molecule has 0 aliphatic carbocycles. The first-order valence-electron chi connectivity index (χ1n) is 14.5. The van der Waals surface area contributed by atoms with E-state index in [1.807, 2.05) is 0 Å². The van der Waals surface area contributed by atoms with Gasteiger partial charge < -0.3 is 29.1 Å². The maximum Gasteiger partial charge on any atom is 0.290 e. The zero-order valence-corrected chi connectivity index (χ0v) is 25.4. The fourth-order valence-corrected chi connectivity index (χ4v) is 5.67. The van der Waals surface area contributed by atoms with Crippen molar-refractivity contribution in [3.63, 3.8) is 0 Å². The van der Waals surface area contributed by atoms with Crippen LogP contribution in [0.4, 0.5) is 11.4 Å². The molecule has 1 aromatic heterocycles. The number of aliphatic hydroxyl groups is 1. The van der Waals surface area contributed by atoms with Crippen LogP contribution in [0.5, 0.6) is 0 Å². The summed E-state index contributed by atoms with van der Waals surface area (Å²) >= 11 is 6.04. The third-order valence-electron chi connectivity index (χ3n) is 7.70. The summed E-state index contributed by atoms with van der Waals surface area (Å²) in [7, 11) is 0. The fraction of sp³-hybridized carbons (Fsp3) is 0.235. The molecule has 4 aromatic rings. The number of imide groups is 1. The highest BCUT2D eigenvalue weighted by molar-refractivity contribution is 6.37. The van der Waals surface area contributed by atoms with Crippen LogP contribution in [0.2, 0.25) is 5.02 Å². The molecule has 2 aliphatic heterocycles. The summed E-state index contributed by atoms with van der Waals surface area (Å²) in [5.41, 5.74) is 2.37. The summed E-state index contributed by atoms with van der Waals surface area (Å²) in [6.45, 7) is 2.07. The van der Waals surface area contributed by atoms with Crippen molar-refractivity contribution < 1.29 is 38.1 Å². The van der Waals surface area contributed by atoms with Crippen molar-refractivity contribution in [2.75, 3.05) is 36.6 Å². The molecule has 6 rings (SSSR count). The highest BCUT2D eigenvalue weighted by Crippen LogP contribution is 2.34. The number of fused-ring (bicyclic) bond motifs is 2. The van der Waals surface area contributed by atoms with E-state index >= 15 is 0 Å². The van der Waals surface area contributed by atoms with Crippen molar-refractivity contribution in [2.24, 2.45) is 0 Å². The topological polar surface area (TPSA) is 145 Å². The number of amides is 3. The number of hydrogen-bond acceptors (Lipinski definition) is 9. The van der Waals surface area contributed by atoms with Gasteiger partial charge in [0.2, 0.25) is 6.29 Å². The third kappa shape index (κ3) is 6.18. The molecule has 0 unspecified atom stereocenters. The lowest BCUT2D eigenvalue weighted by molar-refractivity contribution is -0.148. The molecule has 2 aliphatic rings. The Morgan fingerprint density at radius 3 is 2.63 bits per heavy atom. The van der Waals surface area contributed by atoms with Gasteiger partial charge in [-0.15, -0.1) is 0 Å². The number of para-hydroxylation sites is 1. The lowest BCUT2D eigenvalue weighted by atomic mass is 9.93. The van der Waals surface area contributed by atoms with Crippen molar-refractivity contribution in [1.82, 2.24) is 0 Å². The maximum absolute atomic E-state index is 13.5. The predicted octanol–water partition coefficient (Wildman–Crippen LogP) is 4.93. The normalized spacial score (nSPS) is 17.5. The Morgan fingerprint density at radius 1 is 1.02 bits per heavy atom. The van der Waals surface area contributed by atoms with Crippen LogP contribution in [0.3, 0.4) is 0 Å². The molecule has 0 radical (unpaired) electrons. The van der Waals surface area contributed by atoms with Crippen LogP contribution < -0.4 is 15.6 Å². The van der Waals surface area contributed by atoms with E-state index in [-0.39, 0.29) is 55.2 Å². The first-order valence-corrected chi connectivity index (χ1v) is 14.9. The number of aliphatic hydroxyl groups excluding tert-OH is 1. The first kappa shape index (κ1) is 31.2. The smallest absolute Gasteiger partial charge is 0.290 e. The largest absolute Gasteiger partial charge is 0.464 e. The second-order valence-corrected chi connectivity index (χ2v) is 11.2. The van der Waals surface area contributed by atoms with E-state index in [0.29, 0.717) is 38.5 Å². The molecule has 0 fully saturated rings. The van der Waals surface area contributed by atoms with E-state index in [2.05, 4.69) is 5.32 Å². The summed E-state index contributed by atoms with van der Waals surface area (Å²) in [5.74, 6) is -2.17. The molecule has 0 saturated carbocycles. The number of benzene rings is 3. The number of nitrogens with zero attached hydrogens (tertiary/aromatic N) is 1. The molecule has 3 amide bonds. The van der Waals surface area contributed by atoms with Crippen LogP contribution in [0.25, 0.3) is 11.0 Å². The van der Waals surface area contributed by atoms with Crippen LogP contribution >= 0.6 is 11.6 Å². The van der Waals surface area contributed by atoms with Gasteiger partial charge in [-0.05, 0) is 67.1 Å². The average molecular weight is 645 g/mol. The van der Waals surface area contributed by atoms with Crippen LogP contribution in [0, 0.1) is 6.92 Å². The highest BCUT2D eigenvalue weighted by Gasteiger charge is 2.37. The number of rotatable bonds is 10. The SMILES string of the molecule is Cc1cc(NC(=O)C2=C[C@@H](c3coc4ccccc4c3=O)C[C@@H](OCCOCCO)O2)ccc1N1C(=O)c2ccc(Cl)cc2C1=O. The van der Waals surface area contributed by atoms with Gasteiger partial charge in [0.15, 0.2) is 11.2 Å². The molecule has 0 saturated heterocycles. The number of carbonyl (C=O) groups is 3. The number of ether oxygens (including phenoxy) is 3. The summed E-state index contributed by atoms with van der Waals surface area (Å²) in [4.78, 5) is 54.1. The lowest BCUT2D eigenvalue weighted by Gasteiger charge is -2.29. The molecular formula is C34H29ClN2O9. The summed E-state index contributed by atoms with van der Waals surface area (Å²) in [6.07, 6.45) is 2.30. The van der Waals surface area contributed by atoms with E-state index in [0.717, 1.165) is 4.90 Å². The first-order chi connectivity index (χ1) is 22.2. The van der Waals surface area contributed by atoms with Crippen LogP contribution in [0.1, 0.15) is 44.2 Å². The highest BCUT2D eigenvalue weighted by atomic mass is 35.5. The monoisotopic (exact) mass is 644 g/mol. The van der Waals surface area contributed by atoms with Crippen LogP contribution in [-0.4, -0.2) is 55.5 Å². The standard InChI is InChI=1S/C34H29ClN2O9/c1-19-14-22(7-9-27(19)37-33(41)23-8-6-21(35)17-25(23)34(37)42)36-32(40)29-15-20(16-30(46-29)44-13-12-43-11-10-38)26-18-45-28-5-3-2-4-24(28)31(26)39/h2-9,14-15,17-18,20,30,38H,10-13,16H2,1H3,(H,36,40)/t20-,30+/m1/s1. The number of anilines is 2. The zero-order chi connectivity index (χ0) is 32.4. The van der Waals surface area contributed by atoms with Gasteiger partial charge in [-0.2, -0.15) is 0 Å². The molecular weight excluding hydrogens is 616 g/mol. The quantitative estimate of drug-likeness (QED) is 0.181. The molecule has 2 N–H and O–H groups in total. The van der Waals surface area contributed by atoms with Crippen molar-refractivity contribution in [3.8, 4) is 0 Å². The Labute approximate surface area is 267 Å². The number of hydrogen-bond donors (Lipinski definition) is 2. The number of carbonyl (C=O) groups excluding carboxylic acids is 3. The van der Waals surface area contributed by atoms with Gasteiger partial charge in [0.25, 0.3) is 17.7 Å². The lowest BCUT2D eigenvalue weighted by Crippen LogP contribution is -2.31. The van der Waals surface area contributed by atoms with Crippen molar-refractivity contribution in [2.45, 2.75) is 25.6 Å². The number of halogens is 1. The Balaban J connectivity index is 1.23. The molecule has 46 heavy (non-hydrogen) atoms. The van der Waals surface area contributed by atoms with E-state index in [1.165, 1.54) is 18.4 Å². The molecule has 0 bridgehead atoms. The van der Waals surface area contributed by atoms with Gasteiger partial charge >= 0.3 is 0 Å². The van der Waals surface area contributed by atoms with Gasteiger partial charge in [-0.25, -0.2) is 4.90 Å². The molecule has 3 aromatic carbocycles. The Morgan fingerprint density at radius 2 is 1.83 bits per heavy atom. The van der Waals surface area contributed by atoms with E-state index in [1.54, 1.807) is 61.5 Å². The summed E-state index contributed by atoms with van der Waals surface area (Å²) in [5, 5.41) is 12.5. The summed E-state index contributed by atoms with van der Waals surface area (Å²) < 4.78 is 22.7. The van der Waals surface area contributed by atoms with E-state index < -0.39 is 29.9 Å². The Kier molecular flexibility index (Phi) is 9.00. The zero-order valence-electron chi connectivity index (χ0n) is 24.7. The second-order valence-electron chi connectivity index (χ2n) is 10.7. The van der Waals surface area contributed by atoms with Crippen LogP contribution in [0.15, 0.2) is 88.0 Å². The second kappa shape index (κ2) is 13.3. The minimum Gasteiger partial charge on any atom is -0.464 e. The van der Waals surface area contributed by atoms with E-state index in [9.17, 15) is 19.2 Å². The van der Waals surface area contributed by atoms with Gasteiger partial charge in [-0.3, -0.25) is 19.2 Å². The molecule has 0 spiro atoms. The molecule has 11 nitrogen and oxygen atoms in total. The third-order valence-corrected chi connectivity index (χ3v) is 7.93.